The van der Waals surface area contributed by atoms with E-state index in [-0.39, 0.29) is 12.6 Å². The number of nitrogens with one attached hydrogen (secondary N) is 2. The van der Waals surface area contributed by atoms with Crippen molar-refractivity contribution in [3.8, 4) is 0 Å². The van der Waals surface area contributed by atoms with Gasteiger partial charge in [-0.2, -0.15) is 0 Å². The van der Waals surface area contributed by atoms with Gasteiger partial charge in [-0.05, 0) is 26.0 Å². The van der Waals surface area contributed by atoms with Crippen LogP contribution in [0.1, 0.15) is 25.1 Å². The van der Waals surface area contributed by atoms with Gasteiger partial charge in [0.1, 0.15) is 0 Å². The van der Waals surface area contributed by atoms with E-state index in [9.17, 15) is 8.42 Å². The molecule has 1 heterocycles. The number of hydrogen-bond acceptors (Lipinski definition) is 5. The zero-order valence-corrected chi connectivity index (χ0v) is 13.2. The monoisotopic (exact) mass is 306 g/mol. The molecule has 0 bridgehead atoms. The van der Waals surface area contributed by atoms with Gasteiger partial charge in [0.05, 0.1) is 11.0 Å². The Balaban J connectivity index is 2.58. The van der Waals surface area contributed by atoms with Crippen LogP contribution in [-0.2, 0) is 21.3 Å². The largest absolute Gasteiger partial charge is 0.380 e. The van der Waals surface area contributed by atoms with Crippen LogP contribution in [0, 0.1) is 0 Å². The maximum absolute atomic E-state index is 12.0. The van der Waals surface area contributed by atoms with Crippen LogP contribution >= 0.6 is 11.3 Å². The summed E-state index contributed by atoms with van der Waals surface area (Å²) in [6.07, 6.45) is 0.923. The Morgan fingerprint density at radius 3 is 2.84 bits per heavy atom. The second-order valence-corrected chi connectivity index (χ2v) is 7.09. The van der Waals surface area contributed by atoms with Crippen LogP contribution in [0.4, 0.5) is 0 Å². The van der Waals surface area contributed by atoms with E-state index in [0.717, 1.165) is 17.8 Å². The molecule has 19 heavy (non-hydrogen) atoms. The lowest BCUT2D eigenvalue weighted by molar-refractivity contribution is 0.122. The van der Waals surface area contributed by atoms with Crippen LogP contribution in [0.25, 0.3) is 0 Å². The number of methoxy groups -OCH3 is 1. The van der Waals surface area contributed by atoms with Gasteiger partial charge in [0.15, 0.2) is 0 Å². The Morgan fingerprint density at radius 2 is 2.21 bits per heavy atom. The first kappa shape index (κ1) is 16.6. The average Bonchev–Trinajstić information content (AvgIpc) is 2.86. The molecule has 0 saturated heterocycles. The van der Waals surface area contributed by atoms with Gasteiger partial charge in [-0.1, -0.05) is 6.92 Å². The summed E-state index contributed by atoms with van der Waals surface area (Å²) in [5.41, 5.74) is 0. The van der Waals surface area contributed by atoms with E-state index in [1.54, 1.807) is 18.6 Å². The maximum Gasteiger partial charge on any atom is 0.241 e. The fraction of sp³-hybridized carbons (Fsp3) is 0.667. The Labute approximate surface area is 119 Å². The van der Waals surface area contributed by atoms with Crippen LogP contribution in [0.15, 0.2) is 16.3 Å². The minimum Gasteiger partial charge on any atom is -0.380 e. The van der Waals surface area contributed by atoms with E-state index >= 15 is 0 Å². The molecule has 1 atom stereocenters. The van der Waals surface area contributed by atoms with Crippen molar-refractivity contribution in [1.29, 1.82) is 0 Å². The summed E-state index contributed by atoms with van der Waals surface area (Å²) in [4.78, 5) is 1.35. The van der Waals surface area contributed by atoms with Gasteiger partial charge >= 0.3 is 0 Å². The summed E-state index contributed by atoms with van der Waals surface area (Å²) >= 11 is 1.45. The second kappa shape index (κ2) is 7.96. The molecule has 1 unspecified atom stereocenters. The molecule has 110 valence electrons. The number of ether oxygens (including phenoxy) is 1. The Bertz CT molecular complexity index is 471. The van der Waals surface area contributed by atoms with Crippen LogP contribution in [0.2, 0.25) is 0 Å². The normalized spacial score (nSPS) is 13.6. The van der Waals surface area contributed by atoms with Crippen molar-refractivity contribution in [2.75, 3.05) is 20.2 Å². The van der Waals surface area contributed by atoms with Crippen molar-refractivity contribution < 1.29 is 13.2 Å². The van der Waals surface area contributed by atoms with Crippen molar-refractivity contribution in [1.82, 2.24) is 10.0 Å². The predicted octanol–water partition coefficient (Wildman–Crippen LogP) is 1.56. The highest BCUT2D eigenvalue weighted by molar-refractivity contribution is 7.89. The highest BCUT2D eigenvalue weighted by Crippen LogP contribution is 2.19. The fourth-order valence-electron chi connectivity index (χ4n) is 1.38. The lowest BCUT2D eigenvalue weighted by atomic mass is 10.4. The molecule has 0 aromatic carbocycles. The molecule has 0 aliphatic rings. The molecule has 0 amide bonds. The first-order chi connectivity index (χ1) is 8.99. The molecule has 7 heteroatoms. The van der Waals surface area contributed by atoms with E-state index in [4.69, 9.17) is 4.74 Å². The van der Waals surface area contributed by atoms with E-state index in [1.807, 2.05) is 6.92 Å². The van der Waals surface area contributed by atoms with Crippen molar-refractivity contribution >= 4 is 21.4 Å². The molecule has 0 aliphatic heterocycles. The summed E-state index contributed by atoms with van der Waals surface area (Å²) in [6.45, 7) is 5.83. The Hall–Kier alpha value is -0.470. The molecule has 0 aliphatic carbocycles. The molecule has 2 N–H and O–H groups in total. The zero-order valence-electron chi connectivity index (χ0n) is 11.6. The Morgan fingerprint density at radius 1 is 1.47 bits per heavy atom. The summed E-state index contributed by atoms with van der Waals surface area (Å²) in [5, 5.41) is 4.92. The summed E-state index contributed by atoms with van der Waals surface area (Å²) in [7, 11) is -1.87. The third-order valence-electron chi connectivity index (χ3n) is 2.63. The van der Waals surface area contributed by atoms with Gasteiger partial charge in [0.2, 0.25) is 10.0 Å². The molecular weight excluding hydrogens is 284 g/mol. The molecule has 5 nitrogen and oxygen atoms in total. The van der Waals surface area contributed by atoms with Gasteiger partial charge in [-0.15, -0.1) is 11.3 Å². The molecule has 0 radical (unpaired) electrons. The van der Waals surface area contributed by atoms with Crippen LogP contribution < -0.4 is 10.0 Å². The highest BCUT2D eigenvalue weighted by Gasteiger charge is 2.16. The van der Waals surface area contributed by atoms with Gasteiger partial charge < -0.3 is 10.1 Å². The summed E-state index contributed by atoms with van der Waals surface area (Å²) in [6, 6.07) is 1.72. The molecule has 1 aromatic rings. The highest BCUT2D eigenvalue weighted by atomic mass is 32.2. The van der Waals surface area contributed by atoms with Crippen LogP contribution in [0.5, 0.6) is 0 Å². The molecule has 0 spiro atoms. The minimum absolute atomic E-state index is 0.140. The average molecular weight is 306 g/mol. The first-order valence-corrected chi connectivity index (χ1v) is 8.66. The first-order valence-electron chi connectivity index (χ1n) is 6.30. The van der Waals surface area contributed by atoms with Gasteiger partial charge in [0, 0.05) is 30.5 Å². The lowest BCUT2D eigenvalue weighted by Crippen LogP contribution is -2.31. The third-order valence-corrected chi connectivity index (χ3v) is 5.12. The zero-order chi connectivity index (χ0) is 14.3. The van der Waals surface area contributed by atoms with E-state index < -0.39 is 10.0 Å². The molecule has 1 rings (SSSR count). The Kier molecular flexibility index (Phi) is 6.95. The molecular formula is C12H22N2O3S2. The van der Waals surface area contributed by atoms with Gasteiger partial charge in [-0.3, -0.25) is 0 Å². The predicted molar refractivity (Wildman–Crippen MR) is 78.0 cm³/mol. The fourth-order valence-corrected chi connectivity index (χ4v) is 3.74. The van der Waals surface area contributed by atoms with E-state index in [0.29, 0.717) is 11.4 Å². The van der Waals surface area contributed by atoms with Gasteiger partial charge in [0.25, 0.3) is 0 Å². The van der Waals surface area contributed by atoms with E-state index in [2.05, 4.69) is 17.0 Å². The number of thiophene rings is 1. The number of rotatable bonds is 9. The number of hydrogen-bond donors (Lipinski definition) is 2. The molecule has 0 fully saturated rings. The smallest absolute Gasteiger partial charge is 0.241 e. The standard InChI is InChI=1S/C12H22N2O3S2/c1-4-5-13-8-11-6-12(9-18-11)19(15,16)14-7-10(2)17-3/h6,9-10,13-14H,4-5,7-8H2,1-3H3. The van der Waals surface area contributed by atoms with Crippen molar-refractivity contribution in [2.24, 2.45) is 0 Å². The van der Waals surface area contributed by atoms with Crippen molar-refractivity contribution in [3.63, 3.8) is 0 Å². The maximum atomic E-state index is 12.0. The molecule has 0 saturated carbocycles. The van der Waals surface area contributed by atoms with Gasteiger partial charge in [-0.25, -0.2) is 13.1 Å². The van der Waals surface area contributed by atoms with Crippen molar-refractivity contribution in [2.45, 2.75) is 37.8 Å². The lowest BCUT2D eigenvalue weighted by Gasteiger charge is -2.10. The third kappa shape index (κ3) is 5.58. The molecule has 1 aromatic heterocycles. The minimum atomic E-state index is -3.42. The van der Waals surface area contributed by atoms with Crippen molar-refractivity contribution in [3.05, 3.63) is 16.3 Å². The topological polar surface area (TPSA) is 67.4 Å². The second-order valence-electron chi connectivity index (χ2n) is 4.32. The summed E-state index contributed by atoms with van der Waals surface area (Å²) < 4.78 is 31.6. The van der Waals surface area contributed by atoms with Crippen LogP contribution in [0.3, 0.4) is 0 Å². The quantitative estimate of drug-likeness (QED) is 0.680. The number of sulfonamides is 1. The van der Waals surface area contributed by atoms with E-state index in [1.165, 1.54) is 11.3 Å². The van der Waals surface area contributed by atoms with Crippen LogP contribution in [-0.4, -0.2) is 34.7 Å². The SMILES string of the molecule is CCCNCc1cc(S(=O)(=O)NCC(C)OC)cs1. The summed E-state index contributed by atoms with van der Waals surface area (Å²) in [5.74, 6) is 0.